The van der Waals surface area contributed by atoms with Crippen LogP contribution in [0.1, 0.15) is 13.3 Å². The molecular weight excluding hydrogens is 231 g/mol. The van der Waals surface area contributed by atoms with Crippen molar-refractivity contribution in [2.24, 2.45) is 11.7 Å². The van der Waals surface area contributed by atoms with Crippen LogP contribution in [0.2, 0.25) is 0 Å². The second-order valence-electron chi connectivity index (χ2n) is 4.70. The summed E-state index contributed by atoms with van der Waals surface area (Å²) in [6.07, 6.45) is -3.05. The molecule has 1 aliphatic rings. The van der Waals surface area contributed by atoms with Crippen LogP contribution in [0.4, 0.5) is 13.2 Å². The van der Waals surface area contributed by atoms with Gasteiger partial charge in [0.05, 0.1) is 6.54 Å². The van der Waals surface area contributed by atoms with Gasteiger partial charge in [0.1, 0.15) is 0 Å². The molecule has 2 N–H and O–H groups in total. The number of rotatable bonds is 5. The van der Waals surface area contributed by atoms with Gasteiger partial charge < -0.3 is 10.6 Å². The Bertz CT molecular complexity index is 208. The molecule has 6 heteroatoms. The van der Waals surface area contributed by atoms with Gasteiger partial charge in [-0.05, 0) is 12.5 Å². The highest BCUT2D eigenvalue weighted by Gasteiger charge is 2.32. The summed E-state index contributed by atoms with van der Waals surface area (Å²) < 4.78 is 36.6. The van der Waals surface area contributed by atoms with Crippen molar-refractivity contribution in [1.29, 1.82) is 0 Å². The van der Waals surface area contributed by atoms with Crippen LogP contribution in [0.5, 0.6) is 0 Å². The smallest absolute Gasteiger partial charge is 0.330 e. The highest BCUT2D eigenvalue weighted by molar-refractivity contribution is 4.75. The van der Waals surface area contributed by atoms with Gasteiger partial charge in [-0.2, -0.15) is 13.2 Å². The Balaban J connectivity index is 2.26. The van der Waals surface area contributed by atoms with Gasteiger partial charge in [-0.15, -0.1) is 0 Å². The van der Waals surface area contributed by atoms with E-state index >= 15 is 0 Å². The molecule has 17 heavy (non-hydrogen) atoms. The maximum atomic E-state index is 12.2. The number of alkyl halides is 3. The Morgan fingerprint density at radius 1 is 1.12 bits per heavy atom. The number of hydrogen-bond donors (Lipinski definition) is 1. The van der Waals surface area contributed by atoms with Gasteiger partial charge in [0.25, 0.3) is 0 Å². The normalized spacial score (nSPS) is 21.7. The monoisotopic (exact) mass is 253 g/mol. The Labute approximate surface area is 101 Å². The minimum Gasteiger partial charge on any atom is -0.330 e. The maximum absolute atomic E-state index is 12.2. The average Bonchev–Trinajstić information content (AvgIpc) is 2.26. The molecule has 1 saturated heterocycles. The zero-order valence-corrected chi connectivity index (χ0v) is 10.3. The van der Waals surface area contributed by atoms with E-state index in [9.17, 15) is 13.2 Å². The number of nitrogens with zero attached hydrogens (tertiary/aromatic N) is 2. The van der Waals surface area contributed by atoms with Gasteiger partial charge >= 0.3 is 6.18 Å². The Morgan fingerprint density at radius 3 is 2.06 bits per heavy atom. The quantitative estimate of drug-likeness (QED) is 0.798. The molecule has 102 valence electrons. The van der Waals surface area contributed by atoms with Crippen molar-refractivity contribution in [2.45, 2.75) is 19.5 Å². The Hall–Kier alpha value is -0.330. The lowest BCUT2D eigenvalue weighted by Crippen LogP contribution is -2.50. The van der Waals surface area contributed by atoms with Crippen molar-refractivity contribution in [3.63, 3.8) is 0 Å². The van der Waals surface area contributed by atoms with Crippen LogP contribution in [-0.4, -0.2) is 61.8 Å². The summed E-state index contributed by atoms with van der Waals surface area (Å²) in [6.45, 7) is 5.30. The second kappa shape index (κ2) is 6.56. The number of halogens is 3. The summed E-state index contributed by atoms with van der Waals surface area (Å²) in [6, 6.07) is 0. The highest BCUT2D eigenvalue weighted by atomic mass is 19.4. The first-order valence-corrected chi connectivity index (χ1v) is 6.16. The summed E-state index contributed by atoms with van der Waals surface area (Å²) in [5, 5.41) is 0. The molecule has 1 unspecified atom stereocenters. The molecule has 0 aromatic heterocycles. The summed E-state index contributed by atoms with van der Waals surface area (Å²) in [4.78, 5) is 3.69. The fraction of sp³-hybridized carbons (Fsp3) is 1.00. The molecule has 1 fully saturated rings. The summed E-state index contributed by atoms with van der Waals surface area (Å²) in [5.41, 5.74) is 5.63. The van der Waals surface area contributed by atoms with E-state index in [4.69, 9.17) is 5.73 Å². The maximum Gasteiger partial charge on any atom is 0.401 e. The summed E-state index contributed by atoms with van der Waals surface area (Å²) in [7, 11) is 0. The van der Waals surface area contributed by atoms with Crippen molar-refractivity contribution in [3.8, 4) is 0 Å². The van der Waals surface area contributed by atoms with E-state index in [1.165, 1.54) is 4.90 Å². The summed E-state index contributed by atoms with van der Waals surface area (Å²) in [5.74, 6) is 0.462. The molecule has 0 radical (unpaired) electrons. The molecule has 1 aliphatic heterocycles. The lowest BCUT2D eigenvalue weighted by molar-refractivity contribution is -0.149. The van der Waals surface area contributed by atoms with Crippen LogP contribution >= 0.6 is 0 Å². The third-order valence-corrected chi connectivity index (χ3v) is 3.29. The van der Waals surface area contributed by atoms with Crippen LogP contribution in [0.25, 0.3) is 0 Å². The molecule has 1 atom stereocenters. The van der Waals surface area contributed by atoms with Crippen LogP contribution in [0, 0.1) is 5.92 Å². The van der Waals surface area contributed by atoms with E-state index in [0.717, 1.165) is 13.0 Å². The fourth-order valence-electron chi connectivity index (χ4n) is 2.12. The standard InChI is InChI=1S/C11H22F3N3/c1-2-10(7-15)8-16-3-5-17(6-4-16)9-11(12,13)14/h10H,2-9,15H2,1H3. The van der Waals surface area contributed by atoms with Gasteiger partial charge in [0.15, 0.2) is 0 Å². The molecule has 0 amide bonds. The molecule has 0 aromatic rings. The predicted molar refractivity (Wildman–Crippen MR) is 61.8 cm³/mol. The van der Waals surface area contributed by atoms with Gasteiger partial charge in [-0.3, -0.25) is 4.90 Å². The van der Waals surface area contributed by atoms with Crippen molar-refractivity contribution >= 4 is 0 Å². The zero-order valence-electron chi connectivity index (χ0n) is 10.3. The Kier molecular flexibility index (Phi) is 5.69. The Morgan fingerprint density at radius 2 is 1.65 bits per heavy atom. The molecular formula is C11H22F3N3. The zero-order chi connectivity index (χ0) is 12.9. The van der Waals surface area contributed by atoms with E-state index in [1.54, 1.807) is 0 Å². The fourth-order valence-corrected chi connectivity index (χ4v) is 2.12. The largest absolute Gasteiger partial charge is 0.401 e. The van der Waals surface area contributed by atoms with Crippen molar-refractivity contribution in [3.05, 3.63) is 0 Å². The van der Waals surface area contributed by atoms with Crippen LogP contribution < -0.4 is 5.73 Å². The molecule has 0 bridgehead atoms. The lowest BCUT2D eigenvalue weighted by Gasteiger charge is -2.36. The minimum atomic E-state index is -4.08. The first kappa shape index (κ1) is 14.7. The number of hydrogen-bond acceptors (Lipinski definition) is 3. The van der Waals surface area contributed by atoms with Crippen LogP contribution in [0.15, 0.2) is 0 Å². The third kappa shape index (κ3) is 5.70. The van der Waals surface area contributed by atoms with Gasteiger partial charge in [-0.25, -0.2) is 0 Å². The molecule has 0 aliphatic carbocycles. The van der Waals surface area contributed by atoms with E-state index in [0.29, 0.717) is 38.6 Å². The summed E-state index contributed by atoms with van der Waals surface area (Å²) >= 11 is 0. The highest BCUT2D eigenvalue weighted by Crippen LogP contribution is 2.17. The van der Waals surface area contributed by atoms with Crippen LogP contribution in [0.3, 0.4) is 0 Å². The van der Waals surface area contributed by atoms with E-state index in [2.05, 4.69) is 11.8 Å². The molecule has 0 spiro atoms. The molecule has 3 nitrogen and oxygen atoms in total. The van der Waals surface area contributed by atoms with Gasteiger partial charge in [0.2, 0.25) is 0 Å². The van der Waals surface area contributed by atoms with Crippen LogP contribution in [-0.2, 0) is 0 Å². The molecule has 1 heterocycles. The second-order valence-corrected chi connectivity index (χ2v) is 4.70. The van der Waals surface area contributed by atoms with Crippen molar-refractivity contribution in [2.75, 3.05) is 45.8 Å². The van der Waals surface area contributed by atoms with Gasteiger partial charge in [-0.1, -0.05) is 13.3 Å². The topological polar surface area (TPSA) is 32.5 Å². The SMILES string of the molecule is CCC(CN)CN1CCN(CC(F)(F)F)CC1. The minimum absolute atomic E-state index is 0.462. The number of nitrogens with two attached hydrogens (primary N) is 1. The average molecular weight is 253 g/mol. The van der Waals surface area contributed by atoms with E-state index in [1.807, 2.05) is 0 Å². The van der Waals surface area contributed by atoms with Gasteiger partial charge in [0, 0.05) is 32.7 Å². The van der Waals surface area contributed by atoms with E-state index in [-0.39, 0.29) is 0 Å². The predicted octanol–water partition coefficient (Wildman–Crippen LogP) is 1.15. The third-order valence-electron chi connectivity index (χ3n) is 3.29. The molecule has 0 aromatic carbocycles. The van der Waals surface area contributed by atoms with Crippen molar-refractivity contribution < 1.29 is 13.2 Å². The lowest BCUT2D eigenvalue weighted by atomic mass is 10.1. The first-order chi connectivity index (χ1) is 7.94. The molecule has 1 rings (SSSR count). The molecule has 0 saturated carbocycles. The van der Waals surface area contributed by atoms with E-state index < -0.39 is 12.7 Å². The first-order valence-electron chi connectivity index (χ1n) is 6.16. The number of piperazine rings is 1. The van der Waals surface area contributed by atoms with Crippen molar-refractivity contribution in [1.82, 2.24) is 9.80 Å².